The molecule has 0 amide bonds. The largest absolute Gasteiger partial charge is 0.480 e. The molecule has 0 unspecified atom stereocenters. The summed E-state index contributed by atoms with van der Waals surface area (Å²) in [5, 5.41) is 8.37. The Balaban J connectivity index is 1.78. The fraction of sp³-hybridized carbons (Fsp3) is 0.176. The van der Waals surface area contributed by atoms with E-state index in [0.717, 1.165) is 16.6 Å². The van der Waals surface area contributed by atoms with E-state index in [1.54, 1.807) is 31.1 Å². The number of rotatable bonds is 5. The molecule has 0 N–H and O–H groups in total. The van der Waals surface area contributed by atoms with Crippen LogP contribution in [0.15, 0.2) is 47.4 Å². The van der Waals surface area contributed by atoms with Crippen LogP contribution >= 0.6 is 0 Å². The molecule has 0 bridgehead atoms. The van der Waals surface area contributed by atoms with Crippen molar-refractivity contribution in [2.75, 3.05) is 14.2 Å². The third-order valence-electron chi connectivity index (χ3n) is 3.74. The molecule has 4 rings (SSSR count). The van der Waals surface area contributed by atoms with E-state index in [4.69, 9.17) is 14.0 Å². The number of methoxy groups -OCH3 is 2. The van der Waals surface area contributed by atoms with Gasteiger partial charge in [-0.2, -0.15) is 10.1 Å². The molecule has 0 saturated carbocycles. The van der Waals surface area contributed by atoms with Crippen molar-refractivity contribution >= 4 is 5.52 Å². The molecular weight excluding hydrogens is 322 g/mol. The summed E-state index contributed by atoms with van der Waals surface area (Å²) in [6.45, 7) is 0.430. The fourth-order valence-electron chi connectivity index (χ4n) is 2.61. The van der Waals surface area contributed by atoms with E-state index in [1.807, 2.05) is 30.5 Å². The molecule has 0 spiro atoms. The van der Waals surface area contributed by atoms with Gasteiger partial charge in [0, 0.05) is 19.5 Å². The van der Waals surface area contributed by atoms with Crippen LogP contribution in [0, 0.1) is 0 Å². The zero-order valence-electron chi connectivity index (χ0n) is 13.7. The van der Waals surface area contributed by atoms with Crippen LogP contribution in [0.4, 0.5) is 0 Å². The highest BCUT2D eigenvalue weighted by Crippen LogP contribution is 2.30. The molecule has 8 nitrogen and oxygen atoms in total. The second-order valence-electron chi connectivity index (χ2n) is 5.35. The summed E-state index contributed by atoms with van der Waals surface area (Å²) < 4.78 is 17.6. The lowest BCUT2D eigenvalue weighted by Gasteiger charge is -2.06. The van der Waals surface area contributed by atoms with Crippen LogP contribution in [-0.4, -0.2) is 39.0 Å². The molecule has 0 fully saturated rings. The molecule has 8 heteroatoms. The Labute approximate surface area is 143 Å². The van der Waals surface area contributed by atoms with Crippen LogP contribution in [0.25, 0.3) is 28.4 Å². The topological polar surface area (TPSA) is 87.6 Å². The minimum atomic E-state index is 0.326. The van der Waals surface area contributed by atoms with Crippen LogP contribution in [0.2, 0.25) is 0 Å². The van der Waals surface area contributed by atoms with Gasteiger partial charge in [-0.25, -0.2) is 9.50 Å². The third kappa shape index (κ3) is 2.72. The number of nitrogens with zero attached hydrogens (tertiary/aromatic N) is 5. The highest BCUT2D eigenvalue weighted by Gasteiger charge is 2.18. The van der Waals surface area contributed by atoms with Gasteiger partial charge in [0.15, 0.2) is 0 Å². The van der Waals surface area contributed by atoms with Gasteiger partial charge in [-0.1, -0.05) is 11.2 Å². The van der Waals surface area contributed by atoms with Crippen LogP contribution in [0.5, 0.6) is 5.88 Å². The first kappa shape index (κ1) is 15.3. The minimum absolute atomic E-state index is 0.326. The maximum atomic E-state index is 5.44. The summed E-state index contributed by atoms with van der Waals surface area (Å²) >= 11 is 0. The lowest BCUT2D eigenvalue weighted by molar-refractivity contribution is 0.184. The van der Waals surface area contributed by atoms with Gasteiger partial charge >= 0.3 is 0 Å². The predicted molar refractivity (Wildman–Crippen MR) is 89.0 cm³/mol. The molecule has 0 saturated heterocycles. The molecule has 4 aromatic rings. The van der Waals surface area contributed by atoms with Gasteiger partial charge in [0.25, 0.3) is 5.89 Å². The van der Waals surface area contributed by atoms with E-state index >= 15 is 0 Å². The normalized spacial score (nSPS) is 11.1. The van der Waals surface area contributed by atoms with Crippen molar-refractivity contribution in [3.05, 3.63) is 48.4 Å². The monoisotopic (exact) mass is 337 g/mol. The number of fused-ring (bicyclic) bond motifs is 1. The van der Waals surface area contributed by atoms with E-state index in [-0.39, 0.29) is 0 Å². The van der Waals surface area contributed by atoms with E-state index in [1.165, 1.54) is 0 Å². The van der Waals surface area contributed by atoms with Crippen molar-refractivity contribution < 1.29 is 14.0 Å². The summed E-state index contributed by atoms with van der Waals surface area (Å²) in [5.74, 6) is 1.19. The van der Waals surface area contributed by atoms with Gasteiger partial charge in [-0.15, -0.1) is 0 Å². The smallest absolute Gasteiger partial charge is 0.263 e. The fourth-order valence-corrected chi connectivity index (χ4v) is 2.61. The van der Waals surface area contributed by atoms with Crippen LogP contribution in [-0.2, 0) is 11.3 Å². The zero-order valence-corrected chi connectivity index (χ0v) is 13.7. The lowest BCUT2D eigenvalue weighted by Crippen LogP contribution is -1.96. The molecule has 4 aromatic heterocycles. The van der Waals surface area contributed by atoms with Crippen molar-refractivity contribution in [3.8, 4) is 28.7 Å². The standard InChI is InChI=1S/C17H15N5O3/c1-23-10-11-7-12(16(24-2)18-8-11)17-20-15(21-25-17)13-9-19-22-6-4-3-5-14(13)22/h3-9H,10H2,1-2H3. The van der Waals surface area contributed by atoms with Crippen molar-refractivity contribution in [2.45, 2.75) is 6.61 Å². The van der Waals surface area contributed by atoms with Gasteiger partial charge in [0.05, 0.1) is 31.0 Å². The molecular formula is C17H15N5O3. The summed E-state index contributed by atoms with van der Waals surface area (Å²) in [5.41, 5.74) is 3.19. The maximum absolute atomic E-state index is 5.44. The Morgan fingerprint density at radius 2 is 2.08 bits per heavy atom. The molecule has 0 aliphatic rings. The molecule has 0 aromatic carbocycles. The number of pyridine rings is 2. The Kier molecular flexibility index (Phi) is 3.87. The summed E-state index contributed by atoms with van der Waals surface area (Å²) in [6, 6.07) is 7.65. The van der Waals surface area contributed by atoms with Crippen LogP contribution in [0.3, 0.4) is 0 Å². The second-order valence-corrected chi connectivity index (χ2v) is 5.35. The molecule has 0 aliphatic carbocycles. The Morgan fingerprint density at radius 3 is 2.92 bits per heavy atom. The Morgan fingerprint density at radius 1 is 1.16 bits per heavy atom. The highest BCUT2D eigenvalue weighted by molar-refractivity contribution is 5.76. The van der Waals surface area contributed by atoms with Crippen LogP contribution < -0.4 is 4.74 Å². The third-order valence-corrected chi connectivity index (χ3v) is 3.74. The van der Waals surface area contributed by atoms with E-state index in [9.17, 15) is 0 Å². The van der Waals surface area contributed by atoms with Gasteiger partial charge in [-0.05, 0) is 23.8 Å². The number of ether oxygens (including phenoxy) is 2. The van der Waals surface area contributed by atoms with E-state index in [0.29, 0.717) is 29.8 Å². The zero-order chi connectivity index (χ0) is 17.2. The first-order valence-corrected chi connectivity index (χ1v) is 7.59. The number of hydrogen-bond acceptors (Lipinski definition) is 7. The summed E-state index contributed by atoms with van der Waals surface area (Å²) in [4.78, 5) is 8.76. The maximum Gasteiger partial charge on any atom is 0.263 e. The van der Waals surface area contributed by atoms with Crippen molar-refractivity contribution in [3.63, 3.8) is 0 Å². The SMILES string of the molecule is COCc1cnc(OC)c(-c2nc(-c3cnn4ccccc34)no2)c1. The molecule has 0 atom stereocenters. The molecule has 0 radical (unpaired) electrons. The highest BCUT2D eigenvalue weighted by atomic mass is 16.5. The van der Waals surface area contributed by atoms with Crippen molar-refractivity contribution in [1.29, 1.82) is 0 Å². The Hall–Kier alpha value is -3.26. The van der Waals surface area contributed by atoms with Crippen LogP contribution in [0.1, 0.15) is 5.56 Å². The second kappa shape index (κ2) is 6.33. The quantitative estimate of drug-likeness (QED) is 0.553. The lowest BCUT2D eigenvalue weighted by atomic mass is 10.2. The average Bonchev–Trinajstić information content (AvgIpc) is 3.28. The molecule has 25 heavy (non-hydrogen) atoms. The summed E-state index contributed by atoms with van der Waals surface area (Å²) in [6.07, 6.45) is 5.26. The van der Waals surface area contributed by atoms with Crippen molar-refractivity contribution in [2.24, 2.45) is 0 Å². The predicted octanol–water partition coefficient (Wildman–Crippen LogP) is 2.60. The number of aromatic nitrogens is 5. The number of hydrogen-bond donors (Lipinski definition) is 0. The van der Waals surface area contributed by atoms with Gasteiger partial charge in [0.1, 0.15) is 5.56 Å². The van der Waals surface area contributed by atoms with E-state index in [2.05, 4.69) is 20.2 Å². The first-order chi connectivity index (χ1) is 12.3. The summed E-state index contributed by atoms with van der Waals surface area (Å²) in [7, 11) is 3.17. The van der Waals surface area contributed by atoms with Gasteiger partial charge in [0.2, 0.25) is 11.7 Å². The molecule has 126 valence electrons. The van der Waals surface area contributed by atoms with Gasteiger partial charge < -0.3 is 14.0 Å². The Bertz CT molecular complexity index is 1020. The van der Waals surface area contributed by atoms with Gasteiger partial charge in [-0.3, -0.25) is 0 Å². The van der Waals surface area contributed by atoms with E-state index < -0.39 is 0 Å². The first-order valence-electron chi connectivity index (χ1n) is 7.59. The molecule has 4 heterocycles. The van der Waals surface area contributed by atoms with Crippen molar-refractivity contribution in [1.82, 2.24) is 24.7 Å². The minimum Gasteiger partial charge on any atom is -0.480 e. The molecule has 0 aliphatic heterocycles. The average molecular weight is 337 g/mol.